The quantitative estimate of drug-likeness (QED) is 0.115. The summed E-state index contributed by atoms with van der Waals surface area (Å²) in [4.78, 5) is 39.1. The van der Waals surface area contributed by atoms with Crippen molar-refractivity contribution in [3.63, 3.8) is 0 Å². The number of halogens is 1. The number of benzene rings is 2. The largest absolute Gasteiger partial charge is 2.00 e. The maximum Gasteiger partial charge on any atom is 2.00 e. The molecule has 1 aliphatic heterocycles. The summed E-state index contributed by atoms with van der Waals surface area (Å²) in [6, 6.07) is 14.7. The molecule has 0 N–H and O–H groups in total. The van der Waals surface area contributed by atoms with Crippen LogP contribution in [0.4, 0.5) is 10.5 Å². The zero-order valence-corrected chi connectivity index (χ0v) is 23.4. The summed E-state index contributed by atoms with van der Waals surface area (Å²) >= 11 is 5.99. The van der Waals surface area contributed by atoms with Gasteiger partial charge in [-0.1, -0.05) is 35.9 Å². The van der Waals surface area contributed by atoms with Crippen molar-refractivity contribution in [1.29, 1.82) is 5.26 Å². The minimum absolute atomic E-state index is 0. The number of carbonyl (C=O) groups excluding carboxylic acids is 2. The van der Waals surface area contributed by atoms with Crippen LogP contribution in [0.3, 0.4) is 0 Å². The molecule has 11 nitrogen and oxygen atoms in total. The molecule has 13 heteroatoms. The Balaban J connectivity index is 0.00000441. The first-order valence-electron chi connectivity index (χ1n) is 11.7. The van der Waals surface area contributed by atoms with Crippen LogP contribution in [0, 0.1) is 11.3 Å². The van der Waals surface area contributed by atoms with Gasteiger partial charge in [-0.15, -0.1) is 0 Å². The Bertz CT molecular complexity index is 1360. The van der Waals surface area contributed by atoms with Gasteiger partial charge in [0.2, 0.25) is 11.9 Å². The number of carbonyl (C=O) groups is 1. The minimum atomic E-state index is -0.804. The van der Waals surface area contributed by atoms with E-state index in [1.165, 1.54) is 17.3 Å². The average molecular weight is 602 g/mol. The Morgan fingerprint density at radius 1 is 1.15 bits per heavy atom. The van der Waals surface area contributed by atoms with Gasteiger partial charge < -0.3 is 38.6 Å². The zero-order chi connectivity index (χ0) is 27.8. The van der Waals surface area contributed by atoms with Crippen LogP contribution in [0.25, 0.3) is 0 Å². The van der Waals surface area contributed by atoms with Crippen molar-refractivity contribution < 1.29 is 40.9 Å². The summed E-state index contributed by atoms with van der Waals surface area (Å²) in [6.07, 6.45) is 6.70. The molecular formula is C27H23ClMnN6O5. The third-order valence-electron chi connectivity index (χ3n) is 5.38. The molecule has 3 amide bonds. The zero-order valence-electron chi connectivity index (χ0n) is 21.5. The smallest absolute Gasteiger partial charge is 0.454 e. The van der Waals surface area contributed by atoms with E-state index in [-0.39, 0.29) is 42.6 Å². The van der Waals surface area contributed by atoms with Crippen molar-refractivity contribution in [2.24, 2.45) is 4.99 Å². The molecule has 1 aromatic heterocycles. The summed E-state index contributed by atoms with van der Waals surface area (Å²) in [6.45, 7) is 3.77. The van der Waals surface area contributed by atoms with Gasteiger partial charge in [-0.05, 0) is 49.4 Å². The molecule has 1 fully saturated rings. The Kier molecular flexibility index (Phi) is 10.7. The van der Waals surface area contributed by atoms with Crippen LogP contribution in [0.15, 0.2) is 65.9 Å². The minimum Gasteiger partial charge on any atom is -0.454 e. The molecular weight excluding hydrogens is 579 g/mol. The summed E-state index contributed by atoms with van der Waals surface area (Å²) in [7, 11) is 0. The van der Waals surface area contributed by atoms with Crippen LogP contribution >= 0.6 is 11.6 Å². The first-order valence-corrected chi connectivity index (χ1v) is 12.1. The number of nitrogens with zero attached hydrogens (tertiary/aromatic N) is 6. The van der Waals surface area contributed by atoms with Crippen molar-refractivity contribution in [1.82, 2.24) is 19.8 Å². The van der Waals surface area contributed by atoms with Gasteiger partial charge in [0.05, 0.1) is 31.5 Å². The van der Waals surface area contributed by atoms with Gasteiger partial charge in [-0.25, -0.2) is 9.97 Å². The second-order valence-corrected chi connectivity index (χ2v) is 9.25. The molecule has 0 bridgehead atoms. The van der Waals surface area contributed by atoms with E-state index in [0.29, 0.717) is 22.2 Å². The monoisotopic (exact) mass is 601 g/mol. The topological polar surface area (TPSA) is 130 Å². The fourth-order valence-corrected chi connectivity index (χ4v) is 3.67. The van der Waals surface area contributed by atoms with Crippen LogP contribution in [0.2, 0.25) is 5.02 Å². The van der Waals surface area contributed by atoms with E-state index in [2.05, 4.69) is 21.3 Å². The number of aromatic nitrogens is 2. The number of nitriles is 1. The number of hydrogen-bond acceptors (Lipinski definition) is 9. The fraction of sp³-hybridized carbons (Fsp3) is 0.259. The number of urea groups is 1. The Labute approximate surface area is 246 Å². The van der Waals surface area contributed by atoms with E-state index in [9.17, 15) is 9.59 Å². The molecule has 3 aromatic rings. The molecule has 2 aromatic carbocycles. The van der Waals surface area contributed by atoms with Gasteiger partial charge in [-0.2, -0.15) is 5.26 Å². The molecule has 40 heavy (non-hydrogen) atoms. The van der Waals surface area contributed by atoms with E-state index >= 15 is 0 Å². The number of imide groups is 1. The van der Waals surface area contributed by atoms with Crippen molar-refractivity contribution in [2.75, 3.05) is 13.2 Å². The van der Waals surface area contributed by atoms with Gasteiger partial charge >= 0.3 is 17.1 Å². The molecule has 1 aliphatic rings. The number of ether oxygens (including phenoxy) is 3. The second-order valence-electron chi connectivity index (χ2n) is 8.81. The number of rotatable bonds is 9. The van der Waals surface area contributed by atoms with E-state index < -0.39 is 17.9 Å². The van der Waals surface area contributed by atoms with Gasteiger partial charge in [0.1, 0.15) is 11.8 Å². The first-order chi connectivity index (χ1) is 18.7. The number of amides is 3. The standard InChI is InChI=1S/C27H23ClN6O5.Mn/c1-27(2)37-16-24(39-27)15-34(18-35)26(36)33(14-19-3-5-20(28)6-4-19)17-32-21-7-9-22(10-8-21)38-23-12-30-25(11-29)31-13-23;/h3-10,12-13,24H,14-16H2,1-2H3;/q-2;+2/t24-;/m0./s1. The van der Waals surface area contributed by atoms with Crippen molar-refractivity contribution in [2.45, 2.75) is 32.3 Å². The predicted molar refractivity (Wildman–Crippen MR) is 140 cm³/mol. The number of hydrogen-bond donors (Lipinski definition) is 0. The Hall–Kier alpha value is -3.85. The molecule has 0 unspecified atom stereocenters. The maximum absolute atomic E-state index is 13.3. The summed E-state index contributed by atoms with van der Waals surface area (Å²) in [5.41, 5.74) is 1.22. The van der Waals surface area contributed by atoms with E-state index in [0.717, 1.165) is 10.5 Å². The van der Waals surface area contributed by atoms with Gasteiger partial charge in [0.15, 0.2) is 11.5 Å². The average Bonchev–Trinajstić information content (AvgIpc) is 3.29. The molecule has 1 atom stereocenters. The Morgan fingerprint density at radius 3 is 2.40 bits per heavy atom. The van der Waals surface area contributed by atoms with Crippen molar-refractivity contribution in [3.8, 4) is 17.6 Å². The fourth-order valence-electron chi connectivity index (χ4n) is 3.54. The third kappa shape index (κ3) is 8.58. The maximum atomic E-state index is 13.3. The van der Waals surface area contributed by atoms with E-state index in [1.807, 2.05) is 6.07 Å². The van der Waals surface area contributed by atoms with Crippen LogP contribution in [-0.4, -0.2) is 63.6 Å². The van der Waals surface area contributed by atoms with Gasteiger partial charge in [0, 0.05) is 24.5 Å². The van der Waals surface area contributed by atoms with Crippen LogP contribution in [0.5, 0.6) is 11.5 Å². The van der Waals surface area contributed by atoms with Crippen LogP contribution < -0.4 is 4.74 Å². The molecule has 205 valence electrons. The predicted octanol–water partition coefficient (Wildman–Crippen LogP) is 4.47. The molecule has 2 heterocycles. The van der Waals surface area contributed by atoms with Crippen molar-refractivity contribution >= 4 is 36.1 Å². The van der Waals surface area contributed by atoms with E-state index in [1.54, 1.807) is 68.8 Å². The summed E-state index contributed by atoms with van der Waals surface area (Å²) in [5.74, 6) is 0.0856. The third-order valence-corrected chi connectivity index (χ3v) is 5.63. The molecule has 0 aliphatic carbocycles. The normalized spacial score (nSPS) is 15.6. The molecule has 4 rings (SSSR count). The van der Waals surface area contributed by atoms with Crippen molar-refractivity contribution in [3.05, 3.63) is 77.3 Å². The van der Waals surface area contributed by atoms with Gasteiger partial charge in [0.25, 0.3) is 0 Å². The van der Waals surface area contributed by atoms with Crippen LogP contribution in [-0.2, 0) is 37.9 Å². The molecule has 1 radical (unpaired) electrons. The number of aliphatic imine (C=N–C) groups is 1. The molecule has 0 spiro atoms. The van der Waals surface area contributed by atoms with Gasteiger partial charge in [-0.3, -0.25) is 0 Å². The first kappa shape index (κ1) is 30.7. The summed E-state index contributed by atoms with van der Waals surface area (Å²) < 4.78 is 16.9. The molecule has 0 saturated carbocycles. The SMILES string of the molecule is CC1(C)OC[C@H](CN([C-]=O)C(=O)N([C-]=Nc2ccc(Oc3cnc(C#N)nc3)cc2)Cc2ccc(Cl)cc2)O1.[Mn+2]. The summed E-state index contributed by atoms with van der Waals surface area (Å²) in [5, 5.41) is 9.35. The molecule has 1 saturated heterocycles. The Morgan fingerprint density at radius 2 is 1.82 bits per heavy atom. The van der Waals surface area contributed by atoms with Crippen LogP contribution in [0.1, 0.15) is 25.2 Å². The van der Waals surface area contributed by atoms with E-state index in [4.69, 9.17) is 31.1 Å². The second kappa shape index (κ2) is 14.0.